The van der Waals surface area contributed by atoms with E-state index in [-0.39, 0.29) is 17.5 Å². The van der Waals surface area contributed by atoms with Crippen LogP contribution in [0.5, 0.6) is 5.75 Å². The third kappa shape index (κ3) is 5.62. The summed E-state index contributed by atoms with van der Waals surface area (Å²) in [7, 11) is 0. The minimum absolute atomic E-state index is 0.109. The summed E-state index contributed by atoms with van der Waals surface area (Å²) in [5.41, 5.74) is 4.85. The number of carbonyl (C=O) groups excluding carboxylic acids is 1. The van der Waals surface area contributed by atoms with Crippen molar-refractivity contribution in [2.75, 3.05) is 6.61 Å². The Morgan fingerprint density at radius 1 is 1.03 bits per heavy atom. The predicted molar refractivity (Wildman–Crippen MR) is 143 cm³/mol. The van der Waals surface area contributed by atoms with Crippen molar-refractivity contribution in [3.63, 3.8) is 0 Å². The third-order valence-electron chi connectivity index (χ3n) is 8.22. The summed E-state index contributed by atoms with van der Waals surface area (Å²) in [6, 6.07) is 13.1. The summed E-state index contributed by atoms with van der Waals surface area (Å²) in [6.07, 6.45) is 7.85. The van der Waals surface area contributed by atoms with Gasteiger partial charge >= 0.3 is 5.97 Å². The summed E-state index contributed by atoms with van der Waals surface area (Å²) in [5, 5.41) is 10.8. The van der Waals surface area contributed by atoms with E-state index in [2.05, 4.69) is 75.9 Å². The lowest BCUT2D eigenvalue weighted by atomic mass is 9.70. The van der Waals surface area contributed by atoms with E-state index in [1.165, 1.54) is 17.5 Å². The van der Waals surface area contributed by atoms with Crippen molar-refractivity contribution in [3.05, 3.63) is 64.2 Å². The fourth-order valence-electron chi connectivity index (χ4n) is 5.77. The lowest BCUT2D eigenvalue weighted by Crippen LogP contribution is -2.29. The molecule has 0 spiro atoms. The van der Waals surface area contributed by atoms with Gasteiger partial charge in [0.15, 0.2) is 0 Å². The summed E-state index contributed by atoms with van der Waals surface area (Å²) < 4.78 is 11.3. The van der Waals surface area contributed by atoms with E-state index in [1.807, 2.05) is 0 Å². The maximum atomic E-state index is 11.4. The molecule has 1 saturated carbocycles. The van der Waals surface area contributed by atoms with Crippen molar-refractivity contribution >= 4 is 5.97 Å². The molecule has 0 aromatic heterocycles. The standard InChI is InChI=1S/C32H40O4/c1-5-32(6-2,27-12-14-29(24(4)21-27)35-22-28-13-15-30(33)36-28)26-11-10-25(23(3)20-26)16-19-31(34)17-8-7-9-18-31/h10-12,14,20-21,28,34H,5-9,13,15,17-18,22H2,1-4H3/t28-/m0/s1. The van der Waals surface area contributed by atoms with E-state index in [1.54, 1.807) is 0 Å². The van der Waals surface area contributed by atoms with Gasteiger partial charge in [0, 0.05) is 17.4 Å². The number of aryl methyl sites for hydroxylation is 2. The molecule has 1 atom stereocenters. The molecule has 2 aromatic carbocycles. The minimum atomic E-state index is -0.833. The second kappa shape index (κ2) is 11.1. The minimum Gasteiger partial charge on any atom is -0.489 e. The highest BCUT2D eigenvalue weighted by atomic mass is 16.6. The Morgan fingerprint density at radius 3 is 2.28 bits per heavy atom. The van der Waals surface area contributed by atoms with Crippen molar-refractivity contribution in [1.82, 2.24) is 0 Å². The Bertz CT molecular complexity index is 1140. The molecule has 2 aliphatic rings. The molecule has 1 aliphatic heterocycles. The molecule has 0 bridgehead atoms. The summed E-state index contributed by atoms with van der Waals surface area (Å²) >= 11 is 0. The van der Waals surface area contributed by atoms with Crippen LogP contribution in [0.4, 0.5) is 0 Å². The van der Waals surface area contributed by atoms with Crippen LogP contribution in [0, 0.1) is 25.7 Å². The molecule has 0 amide bonds. The lowest BCUT2D eigenvalue weighted by molar-refractivity contribution is -0.142. The van der Waals surface area contributed by atoms with E-state index in [0.29, 0.717) is 13.0 Å². The number of ether oxygens (including phenoxy) is 2. The highest BCUT2D eigenvalue weighted by Crippen LogP contribution is 2.41. The van der Waals surface area contributed by atoms with Crippen LogP contribution in [0.2, 0.25) is 0 Å². The first kappa shape index (κ1) is 26.3. The fraction of sp³-hybridized carbons (Fsp3) is 0.531. The molecule has 2 aromatic rings. The number of benzene rings is 2. The summed E-state index contributed by atoms with van der Waals surface area (Å²) in [6.45, 7) is 9.09. The quantitative estimate of drug-likeness (QED) is 0.355. The van der Waals surface area contributed by atoms with Gasteiger partial charge in [-0.15, -0.1) is 0 Å². The molecule has 1 saturated heterocycles. The van der Waals surface area contributed by atoms with Crippen molar-refractivity contribution in [1.29, 1.82) is 0 Å². The van der Waals surface area contributed by atoms with Crippen LogP contribution in [-0.4, -0.2) is 29.4 Å². The lowest BCUT2D eigenvalue weighted by Gasteiger charge is -2.34. The Hall–Kier alpha value is -2.77. The predicted octanol–water partition coefficient (Wildman–Crippen LogP) is 6.54. The van der Waals surface area contributed by atoms with Gasteiger partial charge in [0.25, 0.3) is 0 Å². The van der Waals surface area contributed by atoms with Crippen molar-refractivity contribution in [2.45, 2.75) is 103 Å². The highest BCUT2D eigenvalue weighted by Gasteiger charge is 2.32. The average Bonchev–Trinajstić information content (AvgIpc) is 3.29. The molecule has 1 heterocycles. The largest absolute Gasteiger partial charge is 0.489 e. The van der Waals surface area contributed by atoms with Crippen LogP contribution in [0.25, 0.3) is 0 Å². The average molecular weight is 489 g/mol. The molecule has 36 heavy (non-hydrogen) atoms. The number of carbonyl (C=O) groups is 1. The first-order valence-corrected chi connectivity index (χ1v) is 13.6. The molecule has 0 unspecified atom stereocenters. The highest BCUT2D eigenvalue weighted by molar-refractivity contribution is 5.71. The topological polar surface area (TPSA) is 55.8 Å². The van der Waals surface area contributed by atoms with Crippen molar-refractivity contribution in [2.24, 2.45) is 0 Å². The molecule has 4 nitrogen and oxygen atoms in total. The molecule has 1 N–H and O–H groups in total. The normalized spacial score (nSPS) is 19.4. The SMILES string of the molecule is CCC(CC)(c1ccc(C#CC2(O)CCCCC2)c(C)c1)c1ccc(OC[C@@H]2CCC(=O)O2)c(C)c1. The van der Waals surface area contributed by atoms with E-state index in [9.17, 15) is 9.90 Å². The number of cyclic esters (lactones) is 1. The number of aliphatic hydroxyl groups is 1. The third-order valence-corrected chi connectivity index (χ3v) is 8.22. The second-order valence-electron chi connectivity index (χ2n) is 10.6. The van der Waals surface area contributed by atoms with E-state index >= 15 is 0 Å². The van der Waals surface area contributed by atoms with Gasteiger partial charge < -0.3 is 14.6 Å². The summed E-state index contributed by atoms with van der Waals surface area (Å²) in [5.74, 6) is 7.17. The zero-order valence-corrected chi connectivity index (χ0v) is 22.3. The zero-order chi connectivity index (χ0) is 25.8. The van der Waals surface area contributed by atoms with Crippen LogP contribution in [0.1, 0.15) is 99.5 Å². The van der Waals surface area contributed by atoms with E-state index in [0.717, 1.165) is 67.4 Å². The zero-order valence-electron chi connectivity index (χ0n) is 22.3. The van der Waals surface area contributed by atoms with Gasteiger partial charge in [0.2, 0.25) is 0 Å². The number of rotatable bonds is 7. The van der Waals surface area contributed by atoms with Crippen molar-refractivity contribution < 1.29 is 19.4 Å². The van der Waals surface area contributed by atoms with Crippen LogP contribution in [-0.2, 0) is 14.9 Å². The first-order chi connectivity index (χ1) is 17.3. The molecular formula is C32H40O4. The van der Waals surface area contributed by atoms with Gasteiger partial charge in [-0.05, 0) is 93.2 Å². The molecular weight excluding hydrogens is 448 g/mol. The monoisotopic (exact) mass is 488 g/mol. The smallest absolute Gasteiger partial charge is 0.306 e. The number of hydrogen-bond donors (Lipinski definition) is 1. The Kier molecular flexibility index (Phi) is 8.10. The van der Waals surface area contributed by atoms with Crippen LogP contribution in [0.3, 0.4) is 0 Å². The molecule has 0 radical (unpaired) electrons. The Labute approximate surface area is 216 Å². The van der Waals surface area contributed by atoms with Crippen LogP contribution >= 0.6 is 0 Å². The number of hydrogen-bond acceptors (Lipinski definition) is 4. The van der Waals surface area contributed by atoms with Crippen LogP contribution < -0.4 is 4.74 Å². The van der Waals surface area contributed by atoms with Gasteiger partial charge in [-0.25, -0.2) is 0 Å². The second-order valence-corrected chi connectivity index (χ2v) is 10.6. The van der Waals surface area contributed by atoms with Gasteiger partial charge in [-0.2, -0.15) is 0 Å². The molecule has 4 rings (SSSR count). The number of esters is 1. The van der Waals surface area contributed by atoms with Crippen LogP contribution in [0.15, 0.2) is 36.4 Å². The van der Waals surface area contributed by atoms with Gasteiger partial charge in [-0.3, -0.25) is 4.79 Å². The Morgan fingerprint density at radius 2 is 1.69 bits per heavy atom. The molecule has 4 heteroatoms. The van der Waals surface area contributed by atoms with Gasteiger partial charge in [-0.1, -0.05) is 56.4 Å². The van der Waals surface area contributed by atoms with E-state index in [4.69, 9.17) is 9.47 Å². The first-order valence-electron chi connectivity index (χ1n) is 13.6. The summed E-state index contributed by atoms with van der Waals surface area (Å²) in [4.78, 5) is 11.4. The Balaban J connectivity index is 1.56. The van der Waals surface area contributed by atoms with E-state index < -0.39 is 5.60 Å². The fourth-order valence-corrected chi connectivity index (χ4v) is 5.77. The molecule has 192 valence electrons. The van der Waals surface area contributed by atoms with Gasteiger partial charge in [0.05, 0.1) is 0 Å². The van der Waals surface area contributed by atoms with Crippen molar-refractivity contribution in [3.8, 4) is 17.6 Å². The molecule has 1 aliphatic carbocycles. The maximum absolute atomic E-state index is 11.4. The maximum Gasteiger partial charge on any atom is 0.306 e. The van der Waals surface area contributed by atoms with Gasteiger partial charge in [0.1, 0.15) is 24.1 Å². The molecule has 2 fully saturated rings.